The molecule has 0 aliphatic heterocycles. The highest BCUT2D eigenvalue weighted by molar-refractivity contribution is 7.91. The number of rotatable bonds is 5. The van der Waals surface area contributed by atoms with Crippen molar-refractivity contribution in [1.82, 2.24) is 5.16 Å². The van der Waals surface area contributed by atoms with Crippen molar-refractivity contribution in [2.24, 2.45) is 0 Å². The summed E-state index contributed by atoms with van der Waals surface area (Å²) in [4.78, 5) is -0.407. The molecule has 108 valence electrons. The minimum atomic E-state index is -4.55. The predicted molar refractivity (Wildman–Crippen MR) is 68.2 cm³/mol. The highest BCUT2D eigenvalue weighted by Crippen LogP contribution is 2.20. The van der Waals surface area contributed by atoms with Crippen LogP contribution in [-0.4, -0.2) is 19.3 Å². The third-order valence-corrected chi connectivity index (χ3v) is 3.97. The van der Waals surface area contributed by atoms with Crippen molar-refractivity contribution < 1.29 is 21.7 Å². The first-order chi connectivity index (χ1) is 9.39. The Morgan fingerprint density at radius 3 is 2.45 bits per heavy atom. The zero-order valence-corrected chi connectivity index (χ0v) is 11.3. The highest BCUT2D eigenvalue weighted by Gasteiger charge is 2.26. The summed E-state index contributed by atoms with van der Waals surface area (Å²) in [6.07, 6.45) is 0. The van der Waals surface area contributed by atoms with Gasteiger partial charge >= 0.3 is 5.76 Å². The van der Waals surface area contributed by atoms with Crippen LogP contribution in [0.1, 0.15) is 11.5 Å². The van der Waals surface area contributed by atoms with Crippen LogP contribution in [0.5, 0.6) is 0 Å². The summed E-state index contributed by atoms with van der Waals surface area (Å²) in [6, 6.07) is 6.86. The van der Waals surface area contributed by atoms with Gasteiger partial charge in [0.25, 0.3) is 0 Å². The van der Waals surface area contributed by atoms with E-state index in [0.717, 1.165) is 12.1 Å². The monoisotopic (exact) mass is 302 g/mol. The molecule has 1 heterocycles. The first kappa shape index (κ1) is 14.4. The van der Waals surface area contributed by atoms with Crippen LogP contribution in [0.25, 0.3) is 0 Å². The number of hydrogen-bond acceptors (Lipinski definition) is 5. The van der Waals surface area contributed by atoms with E-state index in [9.17, 15) is 17.2 Å². The number of aryl methyl sites for hydroxylation is 1. The van der Waals surface area contributed by atoms with Gasteiger partial charge in [-0.2, -0.15) is 8.78 Å². The number of nitrogens with one attached hydrogen (secondary N) is 1. The van der Waals surface area contributed by atoms with Crippen LogP contribution < -0.4 is 5.32 Å². The summed E-state index contributed by atoms with van der Waals surface area (Å²) in [7, 11) is -4.55. The molecule has 20 heavy (non-hydrogen) atoms. The fourth-order valence-electron chi connectivity index (χ4n) is 1.56. The van der Waals surface area contributed by atoms with Gasteiger partial charge in [0.15, 0.2) is 0 Å². The Balaban J connectivity index is 2.05. The molecular weight excluding hydrogens is 290 g/mol. The van der Waals surface area contributed by atoms with Crippen LogP contribution in [0.3, 0.4) is 0 Å². The first-order valence-corrected chi connectivity index (χ1v) is 7.22. The van der Waals surface area contributed by atoms with E-state index in [1.165, 1.54) is 12.1 Å². The standard InChI is InChI=1S/C12H12F2N2O3S/c1-8-6-10(16-19-8)7-15-9-2-4-11(5-3-9)20(17,18)12(13)14/h2-6,12,15H,7H2,1H3. The van der Waals surface area contributed by atoms with Crippen LogP contribution in [0.4, 0.5) is 14.5 Å². The van der Waals surface area contributed by atoms with E-state index < -0.39 is 20.5 Å². The van der Waals surface area contributed by atoms with E-state index in [1.807, 2.05) is 0 Å². The van der Waals surface area contributed by atoms with Crippen molar-refractivity contribution in [2.75, 3.05) is 5.32 Å². The van der Waals surface area contributed by atoms with Crippen molar-refractivity contribution in [3.8, 4) is 0 Å². The molecule has 1 aromatic heterocycles. The summed E-state index contributed by atoms with van der Waals surface area (Å²) in [5, 5.41) is 6.76. The van der Waals surface area contributed by atoms with Gasteiger partial charge in [-0.15, -0.1) is 0 Å². The van der Waals surface area contributed by atoms with Gasteiger partial charge in [0.1, 0.15) is 11.5 Å². The van der Waals surface area contributed by atoms with Gasteiger partial charge in [0.2, 0.25) is 9.84 Å². The molecule has 0 radical (unpaired) electrons. The van der Waals surface area contributed by atoms with Crippen LogP contribution in [0.15, 0.2) is 39.8 Å². The largest absolute Gasteiger partial charge is 0.379 e. The topological polar surface area (TPSA) is 72.2 Å². The maximum absolute atomic E-state index is 12.3. The van der Waals surface area contributed by atoms with Crippen LogP contribution >= 0.6 is 0 Å². The molecule has 8 heteroatoms. The van der Waals surface area contributed by atoms with Gasteiger partial charge in [0, 0.05) is 11.8 Å². The van der Waals surface area contributed by atoms with Crippen molar-refractivity contribution in [3.05, 3.63) is 41.8 Å². The number of benzene rings is 1. The van der Waals surface area contributed by atoms with Crippen molar-refractivity contribution >= 4 is 15.5 Å². The normalized spacial score (nSPS) is 11.8. The van der Waals surface area contributed by atoms with E-state index in [4.69, 9.17) is 4.52 Å². The van der Waals surface area contributed by atoms with Gasteiger partial charge in [-0.05, 0) is 31.2 Å². The average molecular weight is 302 g/mol. The average Bonchev–Trinajstić information content (AvgIpc) is 2.82. The molecule has 1 aromatic carbocycles. The first-order valence-electron chi connectivity index (χ1n) is 5.68. The Morgan fingerprint density at radius 2 is 1.95 bits per heavy atom. The third kappa shape index (κ3) is 3.13. The highest BCUT2D eigenvalue weighted by atomic mass is 32.2. The van der Waals surface area contributed by atoms with Crippen molar-refractivity contribution in [3.63, 3.8) is 0 Å². The smallest absolute Gasteiger partial charge is 0.341 e. The zero-order chi connectivity index (χ0) is 14.8. The Labute approximate surface area is 114 Å². The van der Waals surface area contributed by atoms with Gasteiger partial charge < -0.3 is 9.84 Å². The molecule has 0 atom stereocenters. The Kier molecular flexibility index (Phi) is 4.03. The molecule has 0 bridgehead atoms. The van der Waals surface area contributed by atoms with E-state index in [-0.39, 0.29) is 0 Å². The molecule has 2 aromatic rings. The Hall–Kier alpha value is -1.96. The van der Waals surface area contributed by atoms with Crippen LogP contribution in [-0.2, 0) is 16.4 Å². The summed E-state index contributed by atoms with van der Waals surface area (Å²) >= 11 is 0. The minimum Gasteiger partial charge on any atom is -0.379 e. The molecule has 0 aliphatic carbocycles. The van der Waals surface area contributed by atoms with Gasteiger partial charge in [-0.3, -0.25) is 0 Å². The number of alkyl halides is 2. The van der Waals surface area contributed by atoms with Crippen molar-refractivity contribution in [1.29, 1.82) is 0 Å². The van der Waals surface area contributed by atoms with Crippen molar-refractivity contribution in [2.45, 2.75) is 24.1 Å². The number of aromatic nitrogens is 1. The lowest BCUT2D eigenvalue weighted by molar-refractivity contribution is 0.234. The molecule has 0 fully saturated rings. The molecule has 0 saturated heterocycles. The van der Waals surface area contributed by atoms with Crippen LogP contribution in [0, 0.1) is 6.92 Å². The minimum absolute atomic E-state index is 0.387. The second-order valence-electron chi connectivity index (χ2n) is 4.11. The summed E-state index contributed by atoms with van der Waals surface area (Å²) in [5.41, 5.74) is 1.28. The number of anilines is 1. The number of nitrogens with zero attached hydrogens (tertiary/aromatic N) is 1. The van der Waals surface area contributed by atoms with Crippen LogP contribution in [0.2, 0.25) is 0 Å². The van der Waals surface area contributed by atoms with Gasteiger partial charge in [0.05, 0.1) is 11.4 Å². The molecule has 0 saturated carbocycles. The third-order valence-electron chi connectivity index (χ3n) is 2.57. The molecule has 2 rings (SSSR count). The Bertz CT molecular complexity index is 681. The number of sulfone groups is 1. The SMILES string of the molecule is Cc1cc(CNc2ccc(S(=O)(=O)C(F)F)cc2)no1. The number of halogens is 2. The molecule has 0 unspecified atom stereocenters. The van der Waals surface area contributed by atoms with E-state index in [2.05, 4.69) is 10.5 Å². The summed E-state index contributed by atoms with van der Waals surface area (Å²) in [6.45, 7) is 2.15. The second kappa shape index (κ2) is 5.58. The summed E-state index contributed by atoms with van der Waals surface area (Å²) in [5.74, 6) is -2.74. The Morgan fingerprint density at radius 1 is 1.30 bits per heavy atom. The van der Waals surface area contributed by atoms with E-state index in [1.54, 1.807) is 13.0 Å². The molecular formula is C12H12F2N2O3S. The number of hydrogen-bond donors (Lipinski definition) is 1. The molecule has 0 aliphatic rings. The molecule has 5 nitrogen and oxygen atoms in total. The lowest BCUT2D eigenvalue weighted by Gasteiger charge is -2.06. The maximum Gasteiger partial charge on any atom is 0.341 e. The van der Waals surface area contributed by atoms with E-state index in [0.29, 0.717) is 23.7 Å². The van der Waals surface area contributed by atoms with Gasteiger partial charge in [-0.1, -0.05) is 5.16 Å². The zero-order valence-electron chi connectivity index (χ0n) is 10.5. The lowest BCUT2D eigenvalue weighted by Crippen LogP contribution is -2.11. The molecule has 1 N–H and O–H groups in total. The molecule has 0 amide bonds. The second-order valence-corrected chi connectivity index (χ2v) is 6.03. The fourth-order valence-corrected chi connectivity index (χ4v) is 2.28. The van der Waals surface area contributed by atoms with E-state index >= 15 is 0 Å². The molecule has 0 spiro atoms. The quantitative estimate of drug-likeness (QED) is 0.919. The fraction of sp³-hybridized carbons (Fsp3) is 0.250. The predicted octanol–water partition coefficient (Wildman–Crippen LogP) is 2.59. The lowest BCUT2D eigenvalue weighted by atomic mass is 10.3. The maximum atomic E-state index is 12.3. The van der Waals surface area contributed by atoms with Gasteiger partial charge in [-0.25, -0.2) is 8.42 Å². The summed E-state index contributed by atoms with van der Waals surface area (Å²) < 4.78 is 52.1.